The van der Waals surface area contributed by atoms with Crippen LogP contribution in [0.1, 0.15) is 168 Å². The van der Waals surface area contributed by atoms with Crippen molar-refractivity contribution in [3.05, 3.63) is 18.2 Å². The Balaban J connectivity index is 2.03. The van der Waals surface area contributed by atoms with Gasteiger partial charge in [0.25, 0.3) is 5.82 Å². The van der Waals surface area contributed by atoms with E-state index in [-0.39, 0.29) is 0 Å². The Morgan fingerprint density at radius 3 is 1.42 bits per heavy atom. The molecule has 0 fully saturated rings. The van der Waals surface area contributed by atoms with Gasteiger partial charge in [-0.3, -0.25) is 0 Å². The van der Waals surface area contributed by atoms with Crippen LogP contribution in [-0.4, -0.2) is 4.57 Å². The van der Waals surface area contributed by atoms with Gasteiger partial charge in [0.1, 0.15) is 12.4 Å². The fourth-order valence-corrected chi connectivity index (χ4v) is 5.07. The molecule has 0 spiro atoms. The second-order valence-electron chi connectivity index (χ2n) is 10.6. The Morgan fingerprint density at radius 1 is 0.515 bits per heavy atom. The minimum absolute atomic E-state index is 1.21. The summed E-state index contributed by atoms with van der Waals surface area (Å²) in [7, 11) is 0. The first-order valence-electron chi connectivity index (χ1n) is 15.4. The summed E-state index contributed by atoms with van der Waals surface area (Å²) in [5.41, 5.74) is 0. The van der Waals surface area contributed by atoms with Crippen molar-refractivity contribution < 1.29 is 4.57 Å². The predicted molar refractivity (Wildman–Crippen MR) is 147 cm³/mol. The molecule has 33 heavy (non-hydrogen) atoms. The van der Waals surface area contributed by atoms with Crippen LogP contribution < -0.4 is 4.57 Å². The summed E-state index contributed by atoms with van der Waals surface area (Å²) in [5.74, 6) is 1.58. The average Bonchev–Trinajstić information content (AvgIpc) is 3.21. The predicted octanol–water partition coefficient (Wildman–Crippen LogP) is 9.96. The van der Waals surface area contributed by atoms with Crippen LogP contribution in [0.2, 0.25) is 0 Å². The molecule has 194 valence electrons. The van der Waals surface area contributed by atoms with E-state index < -0.39 is 0 Å². The molecule has 1 heterocycles. The number of hydrogen-bond acceptors (Lipinski definition) is 0. The minimum atomic E-state index is 1.21. The number of imidazole rings is 1. The molecule has 1 aromatic heterocycles. The number of nitrogens with zero attached hydrogens (tertiary/aromatic N) is 2. The Bertz CT molecular complexity index is 519. The lowest BCUT2D eigenvalue weighted by atomic mass is 10.0. The van der Waals surface area contributed by atoms with Crippen LogP contribution in [0, 0.1) is 0 Å². The third-order valence-corrected chi connectivity index (χ3v) is 7.35. The van der Waals surface area contributed by atoms with Crippen LogP contribution in [0.3, 0.4) is 0 Å². The molecular weight excluding hydrogens is 400 g/mol. The molecule has 2 nitrogen and oxygen atoms in total. The number of aromatic nitrogens is 2. The Kier molecular flexibility index (Phi) is 21.1. The molecule has 0 aromatic carbocycles. The maximum Gasteiger partial charge on any atom is 0.256 e. The summed E-state index contributed by atoms with van der Waals surface area (Å²) < 4.78 is 5.12. The molecule has 0 saturated carbocycles. The third-order valence-electron chi connectivity index (χ3n) is 7.35. The molecule has 0 atom stereocenters. The lowest BCUT2D eigenvalue weighted by Gasteiger charge is -2.06. The van der Waals surface area contributed by atoms with E-state index in [2.05, 4.69) is 42.3 Å². The van der Waals surface area contributed by atoms with E-state index in [9.17, 15) is 0 Å². The van der Waals surface area contributed by atoms with Gasteiger partial charge in [-0.2, -0.15) is 0 Å². The molecular formula is C31H61N2+. The Hall–Kier alpha value is -0.790. The lowest BCUT2D eigenvalue weighted by molar-refractivity contribution is -0.704. The van der Waals surface area contributed by atoms with Crippen molar-refractivity contribution in [1.82, 2.24) is 4.57 Å². The molecule has 0 unspecified atom stereocenters. The smallest absolute Gasteiger partial charge is 0.234 e. The van der Waals surface area contributed by atoms with Crippen LogP contribution in [0.4, 0.5) is 0 Å². The molecule has 0 N–H and O–H groups in total. The highest BCUT2D eigenvalue weighted by atomic mass is 15.1. The van der Waals surface area contributed by atoms with Crippen LogP contribution in [0.15, 0.2) is 12.4 Å². The van der Waals surface area contributed by atoms with Crippen molar-refractivity contribution in [2.75, 3.05) is 0 Å². The van der Waals surface area contributed by atoms with Gasteiger partial charge in [0.2, 0.25) is 0 Å². The first kappa shape index (κ1) is 30.2. The first-order valence-corrected chi connectivity index (χ1v) is 15.4. The molecule has 0 radical (unpaired) electrons. The number of unbranched alkanes of at least 4 members (excludes halogenated alkanes) is 19. The normalized spacial score (nSPS) is 11.5. The summed E-state index contributed by atoms with van der Waals surface area (Å²) >= 11 is 0. The average molecular weight is 462 g/mol. The minimum Gasteiger partial charge on any atom is -0.234 e. The molecule has 1 aromatic rings. The SMILES string of the molecule is CCCCCCCCCCCCCCCCCCn1cc[n+](CCCCCC)c1CCCC. The van der Waals surface area contributed by atoms with Crippen LogP contribution in [0.5, 0.6) is 0 Å². The second kappa shape index (κ2) is 23.0. The largest absolute Gasteiger partial charge is 0.256 e. The van der Waals surface area contributed by atoms with Gasteiger partial charge in [0.15, 0.2) is 0 Å². The van der Waals surface area contributed by atoms with E-state index in [1.54, 1.807) is 5.82 Å². The van der Waals surface area contributed by atoms with Crippen molar-refractivity contribution in [3.8, 4) is 0 Å². The van der Waals surface area contributed by atoms with E-state index >= 15 is 0 Å². The van der Waals surface area contributed by atoms with Gasteiger partial charge in [0, 0.05) is 6.42 Å². The van der Waals surface area contributed by atoms with Gasteiger partial charge in [-0.15, -0.1) is 0 Å². The highest BCUT2D eigenvalue weighted by molar-refractivity contribution is 4.84. The number of rotatable bonds is 25. The zero-order valence-electron chi connectivity index (χ0n) is 23.2. The summed E-state index contributed by atoms with van der Waals surface area (Å²) in [6.45, 7) is 9.35. The van der Waals surface area contributed by atoms with Crippen molar-refractivity contribution in [3.63, 3.8) is 0 Å². The zero-order chi connectivity index (χ0) is 23.8. The first-order chi connectivity index (χ1) is 16.3. The maximum absolute atomic E-state index is 2.57. The Morgan fingerprint density at radius 2 is 0.939 bits per heavy atom. The lowest BCUT2D eigenvalue weighted by Crippen LogP contribution is -2.37. The van der Waals surface area contributed by atoms with E-state index in [0.29, 0.717) is 0 Å². The topological polar surface area (TPSA) is 8.81 Å². The van der Waals surface area contributed by atoms with Gasteiger partial charge in [-0.25, -0.2) is 9.13 Å². The van der Waals surface area contributed by atoms with E-state index in [1.165, 1.54) is 161 Å². The summed E-state index contributed by atoms with van der Waals surface area (Å²) in [6.07, 6.45) is 37.1. The van der Waals surface area contributed by atoms with Gasteiger partial charge in [0.05, 0.1) is 13.1 Å². The number of aryl methyl sites for hydroxylation is 2. The van der Waals surface area contributed by atoms with Crippen LogP contribution >= 0.6 is 0 Å². The monoisotopic (exact) mass is 461 g/mol. The van der Waals surface area contributed by atoms with Gasteiger partial charge < -0.3 is 0 Å². The van der Waals surface area contributed by atoms with E-state index in [1.807, 2.05) is 0 Å². The van der Waals surface area contributed by atoms with Crippen molar-refractivity contribution in [2.24, 2.45) is 0 Å². The highest BCUT2D eigenvalue weighted by Crippen LogP contribution is 2.14. The molecule has 0 amide bonds. The van der Waals surface area contributed by atoms with Crippen LogP contribution in [0.25, 0.3) is 0 Å². The molecule has 1 rings (SSSR count). The fourth-order valence-electron chi connectivity index (χ4n) is 5.07. The summed E-state index contributed by atoms with van der Waals surface area (Å²) in [4.78, 5) is 0. The second-order valence-corrected chi connectivity index (χ2v) is 10.6. The third kappa shape index (κ3) is 16.5. The van der Waals surface area contributed by atoms with Crippen molar-refractivity contribution in [2.45, 2.75) is 182 Å². The summed E-state index contributed by atoms with van der Waals surface area (Å²) in [6, 6.07) is 0. The zero-order valence-corrected chi connectivity index (χ0v) is 23.2. The fraction of sp³-hybridized carbons (Fsp3) is 0.903. The molecule has 0 bridgehead atoms. The molecule has 2 heteroatoms. The maximum atomic E-state index is 2.57. The Labute approximate surface area is 208 Å². The van der Waals surface area contributed by atoms with E-state index in [4.69, 9.17) is 0 Å². The van der Waals surface area contributed by atoms with Crippen molar-refractivity contribution >= 4 is 0 Å². The molecule has 0 aliphatic heterocycles. The van der Waals surface area contributed by atoms with Gasteiger partial charge in [-0.1, -0.05) is 130 Å². The molecule has 0 saturated heterocycles. The number of hydrogen-bond donors (Lipinski definition) is 0. The molecule has 0 aliphatic carbocycles. The standard InChI is InChI=1S/C31H61N2/c1-4-7-10-12-13-14-15-16-17-18-19-20-21-22-23-25-28-33-30-29-32(27-24-11-8-5-2)31(33)26-9-6-3/h29-30H,4-28H2,1-3H3/q+1. The molecule has 0 aliphatic rings. The summed E-state index contributed by atoms with van der Waals surface area (Å²) in [5, 5.41) is 0. The van der Waals surface area contributed by atoms with E-state index in [0.717, 1.165) is 0 Å². The quantitative estimate of drug-likeness (QED) is 0.101. The highest BCUT2D eigenvalue weighted by Gasteiger charge is 2.15. The van der Waals surface area contributed by atoms with Crippen molar-refractivity contribution in [1.29, 1.82) is 0 Å². The van der Waals surface area contributed by atoms with Gasteiger partial charge in [-0.05, 0) is 32.1 Å². The van der Waals surface area contributed by atoms with Crippen LogP contribution in [-0.2, 0) is 19.5 Å². The van der Waals surface area contributed by atoms with Gasteiger partial charge >= 0.3 is 0 Å².